The molecular formula is C15H14N4O3S2. The number of sulfonamides is 1. The molecule has 2 aromatic rings. The Labute approximate surface area is 143 Å². The van der Waals surface area contributed by atoms with Crippen molar-refractivity contribution in [1.82, 2.24) is 14.2 Å². The van der Waals surface area contributed by atoms with Gasteiger partial charge in [-0.15, -0.1) is 11.3 Å². The second-order valence-corrected chi connectivity index (χ2v) is 7.80. The number of hydrogen-bond acceptors (Lipinski definition) is 6. The first-order valence-electron chi connectivity index (χ1n) is 7.21. The minimum absolute atomic E-state index is 0.00628. The molecule has 1 aromatic heterocycles. The highest BCUT2D eigenvalue weighted by Gasteiger charge is 2.32. The number of carbonyl (C=O) groups excluding carboxylic acids is 1. The molecule has 0 radical (unpaired) electrons. The van der Waals surface area contributed by atoms with Gasteiger partial charge in [-0.3, -0.25) is 4.79 Å². The van der Waals surface area contributed by atoms with Crippen molar-refractivity contribution >= 4 is 27.3 Å². The molecule has 1 saturated heterocycles. The fourth-order valence-electron chi connectivity index (χ4n) is 2.53. The van der Waals surface area contributed by atoms with Crippen LogP contribution in [-0.4, -0.2) is 54.7 Å². The van der Waals surface area contributed by atoms with Crippen molar-refractivity contribution in [3.8, 4) is 6.07 Å². The molecule has 0 unspecified atom stereocenters. The first-order valence-corrected chi connectivity index (χ1v) is 9.59. The number of nitrogens with zero attached hydrogens (tertiary/aromatic N) is 4. The number of benzene rings is 1. The average molecular weight is 362 g/mol. The first-order chi connectivity index (χ1) is 11.5. The van der Waals surface area contributed by atoms with Crippen LogP contribution in [0.25, 0.3) is 0 Å². The Kier molecular flexibility index (Phi) is 4.62. The number of amides is 1. The Bertz CT molecular complexity index is 880. The highest BCUT2D eigenvalue weighted by Crippen LogP contribution is 2.21. The minimum Gasteiger partial charge on any atom is -0.335 e. The van der Waals surface area contributed by atoms with Gasteiger partial charge in [-0.05, 0) is 12.1 Å². The summed E-state index contributed by atoms with van der Waals surface area (Å²) in [7, 11) is -3.75. The molecule has 0 aliphatic carbocycles. The van der Waals surface area contributed by atoms with Gasteiger partial charge < -0.3 is 4.90 Å². The lowest BCUT2D eigenvalue weighted by atomic mass is 10.2. The molecule has 0 saturated carbocycles. The van der Waals surface area contributed by atoms with E-state index in [1.807, 2.05) is 6.07 Å². The van der Waals surface area contributed by atoms with Gasteiger partial charge in [0.15, 0.2) is 0 Å². The Morgan fingerprint density at radius 3 is 2.54 bits per heavy atom. The summed E-state index contributed by atoms with van der Waals surface area (Å²) in [4.78, 5) is 17.8. The van der Waals surface area contributed by atoms with Crippen molar-refractivity contribution in [2.75, 3.05) is 26.2 Å². The molecule has 0 atom stereocenters. The van der Waals surface area contributed by atoms with Crippen molar-refractivity contribution in [3.63, 3.8) is 0 Å². The van der Waals surface area contributed by atoms with Crippen LogP contribution in [0.3, 0.4) is 0 Å². The average Bonchev–Trinajstić information content (AvgIpc) is 3.15. The Hall–Kier alpha value is -2.28. The zero-order valence-corrected chi connectivity index (χ0v) is 14.3. The maximum Gasteiger partial charge on any atom is 0.273 e. The Balaban J connectivity index is 1.75. The fourth-order valence-corrected chi connectivity index (χ4v) is 4.62. The van der Waals surface area contributed by atoms with Crippen molar-refractivity contribution in [2.24, 2.45) is 0 Å². The molecule has 3 rings (SSSR count). The number of nitriles is 1. The Morgan fingerprint density at radius 1 is 1.21 bits per heavy atom. The summed E-state index contributed by atoms with van der Waals surface area (Å²) in [6.45, 7) is 0.977. The summed E-state index contributed by atoms with van der Waals surface area (Å²) in [6.07, 6.45) is 0. The van der Waals surface area contributed by atoms with Crippen molar-refractivity contribution < 1.29 is 13.2 Å². The normalized spacial score (nSPS) is 15.9. The summed E-state index contributed by atoms with van der Waals surface area (Å²) in [5, 5.41) is 10.8. The molecule has 0 N–H and O–H groups in total. The van der Waals surface area contributed by atoms with Crippen LogP contribution in [0.15, 0.2) is 40.1 Å². The van der Waals surface area contributed by atoms with Gasteiger partial charge in [0.05, 0.1) is 16.0 Å². The lowest BCUT2D eigenvalue weighted by Gasteiger charge is -2.33. The molecule has 2 heterocycles. The van der Waals surface area contributed by atoms with E-state index in [2.05, 4.69) is 4.98 Å². The summed E-state index contributed by atoms with van der Waals surface area (Å²) in [5.74, 6) is -0.189. The molecule has 1 aliphatic heterocycles. The second kappa shape index (κ2) is 6.68. The molecular weight excluding hydrogens is 348 g/mol. The lowest BCUT2D eigenvalue weighted by molar-refractivity contribution is 0.0693. The number of rotatable bonds is 3. The van der Waals surface area contributed by atoms with Gasteiger partial charge in [0.25, 0.3) is 5.91 Å². The van der Waals surface area contributed by atoms with E-state index in [1.54, 1.807) is 27.9 Å². The highest BCUT2D eigenvalue weighted by molar-refractivity contribution is 7.89. The predicted molar refractivity (Wildman–Crippen MR) is 87.9 cm³/mol. The zero-order valence-electron chi connectivity index (χ0n) is 12.6. The van der Waals surface area contributed by atoms with Crippen LogP contribution in [0.1, 0.15) is 16.1 Å². The van der Waals surface area contributed by atoms with Crippen LogP contribution in [0.4, 0.5) is 0 Å². The molecule has 1 fully saturated rings. The van der Waals surface area contributed by atoms with Gasteiger partial charge in [0.1, 0.15) is 11.8 Å². The third kappa shape index (κ3) is 3.03. The van der Waals surface area contributed by atoms with E-state index in [0.29, 0.717) is 18.8 Å². The molecule has 7 nitrogen and oxygen atoms in total. The Morgan fingerprint density at radius 2 is 1.92 bits per heavy atom. The molecule has 9 heteroatoms. The SMILES string of the molecule is N#Cc1ccccc1S(=O)(=O)N1CCN(C(=O)c2cscn2)CC1. The zero-order chi connectivity index (χ0) is 17.2. The maximum atomic E-state index is 12.7. The smallest absolute Gasteiger partial charge is 0.273 e. The van der Waals surface area contributed by atoms with E-state index < -0.39 is 10.0 Å². The quantitative estimate of drug-likeness (QED) is 0.817. The van der Waals surface area contributed by atoms with Gasteiger partial charge in [-0.25, -0.2) is 13.4 Å². The van der Waals surface area contributed by atoms with Crippen LogP contribution < -0.4 is 0 Å². The monoisotopic (exact) mass is 362 g/mol. The summed E-state index contributed by atoms with van der Waals surface area (Å²) in [6, 6.07) is 8.04. The summed E-state index contributed by atoms with van der Waals surface area (Å²) >= 11 is 1.34. The largest absolute Gasteiger partial charge is 0.335 e. The molecule has 1 aromatic carbocycles. The minimum atomic E-state index is -3.75. The van der Waals surface area contributed by atoms with Crippen LogP contribution in [0.5, 0.6) is 0 Å². The second-order valence-electron chi connectivity index (χ2n) is 5.18. The van der Waals surface area contributed by atoms with E-state index in [1.165, 1.54) is 27.8 Å². The summed E-state index contributed by atoms with van der Waals surface area (Å²) in [5.41, 5.74) is 2.09. The number of thiazole rings is 1. The van der Waals surface area contributed by atoms with Crippen molar-refractivity contribution in [1.29, 1.82) is 5.26 Å². The lowest BCUT2D eigenvalue weighted by Crippen LogP contribution is -2.50. The van der Waals surface area contributed by atoms with Crippen molar-refractivity contribution in [3.05, 3.63) is 46.4 Å². The number of hydrogen-bond donors (Lipinski definition) is 0. The number of carbonyl (C=O) groups is 1. The third-order valence-electron chi connectivity index (χ3n) is 3.80. The molecule has 1 amide bonds. The number of aromatic nitrogens is 1. The van der Waals surface area contributed by atoms with Crippen molar-refractivity contribution in [2.45, 2.75) is 4.90 Å². The molecule has 0 bridgehead atoms. The van der Waals surface area contributed by atoms with Gasteiger partial charge in [-0.2, -0.15) is 9.57 Å². The fraction of sp³-hybridized carbons (Fsp3) is 0.267. The van der Waals surface area contributed by atoms with Crippen LogP contribution in [-0.2, 0) is 10.0 Å². The van der Waals surface area contributed by atoms with Gasteiger partial charge in [0.2, 0.25) is 10.0 Å². The highest BCUT2D eigenvalue weighted by atomic mass is 32.2. The van der Waals surface area contributed by atoms with Crippen LogP contribution in [0, 0.1) is 11.3 Å². The first kappa shape index (κ1) is 16.6. The van der Waals surface area contributed by atoms with E-state index in [9.17, 15) is 13.2 Å². The standard InChI is InChI=1S/C15H14N4O3S2/c16-9-12-3-1-2-4-14(12)24(21,22)19-7-5-18(6-8-19)15(20)13-10-23-11-17-13/h1-4,10-11H,5-8H2. The molecule has 24 heavy (non-hydrogen) atoms. The van der Waals surface area contributed by atoms with Crippen LogP contribution in [0.2, 0.25) is 0 Å². The van der Waals surface area contributed by atoms with Gasteiger partial charge >= 0.3 is 0 Å². The van der Waals surface area contributed by atoms with E-state index in [4.69, 9.17) is 5.26 Å². The van der Waals surface area contributed by atoms with E-state index >= 15 is 0 Å². The molecule has 1 aliphatic rings. The van der Waals surface area contributed by atoms with E-state index in [0.717, 1.165) is 0 Å². The predicted octanol–water partition coefficient (Wildman–Crippen LogP) is 1.16. The van der Waals surface area contributed by atoms with Gasteiger partial charge in [-0.1, -0.05) is 12.1 Å². The third-order valence-corrected chi connectivity index (χ3v) is 6.35. The van der Waals surface area contributed by atoms with E-state index in [-0.39, 0.29) is 29.5 Å². The van der Waals surface area contributed by atoms with Gasteiger partial charge in [0, 0.05) is 31.6 Å². The number of piperazine rings is 1. The maximum absolute atomic E-state index is 12.7. The molecule has 124 valence electrons. The van der Waals surface area contributed by atoms with Crippen LogP contribution >= 0.6 is 11.3 Å². The molecule has 0 spiro atoms. The topological polar surface area (TPSA) is 94.4 Å². The summed E-state index contributed by atoms with van der Waals surface area (Å²) < 4.78 is 26.8.